The van der Waals surface area contributed by atoms with Gasteiger partial charge in [-0.05, 0) is 69.8 Å². The van der Waals surface area contributed by atoms with Gasteiger partial charge in [0, 0.05) is 30.5 Å². The third kappa shape index (κ3) is 4.13. The highest BCUT2D eigenvalue weighted by Crippen LogP contribution is 2.23. The molecule has 0 bridgehead atoms. The number of rotatable bonds is 1. The van der Waals surface area contributed by atoms with Gasteiger partial charge in [0.25, 0.3) is 0 Å². The van der Waals surface area contributed by atoms with E-state index in [0.29, 0.717) is 0 Å². The van der Waals surface area contributed by atoms with Crippen LogP contribution in [-0.2, 0) is 0 Å². The molecule has 2 aliphatic heterocycles. The predicted octanol–water partition coefficient (Wildman–Crippen LogP) is 2.94. The lowest BCUT2D eigenvalue weighted by atomic mass is 10.2. The largest absolute Gasteiger partial charge is 0.399 e. The zero-order valence-electron chi connectivity index (χ0n) is 12.3. The summed E-state index contributed by atoms with van der Waals surface area (Å²) in [5.74, 6) is 0. The Balaban J connectivity index is 0.000000186. The molecule has 1 aromatic rings. The summed E-state index contributed by atoms with van der Waals surface area (Å²) in [5, 5.41) is 3.32. The third-order valence-electron chi connectivity index (χ3n) is 4.03. The Bertz CT molecular complexity index is 391. The average molecular weight is 261 g/mol. The lowest BCUT2D eigenvalue weighted by Crippen LogP contribution is -2.17. The van der Waals surface area contributed by atoms with Crippen molar-refractivity contribution in [3.05, 3.63) is 23.8 Å². The lowest BCUT2D eigenvalue weighted by molar-refractivity contribution is 0.664. The monoisotopic (exact) mass is 261 g/mol. The Hall–Kier alpha value is -1.22. The van der Waals surface area contributed by atoms with Crippen molar-refractivity contribution in [2.45, 2.75) is 45.6 Å². The second-order valence-electron chi connectivity index (χ2n) is 5.73. The summed E-state index contributed by atoms with van der Waals surface area (Å²) in [5.41, 5.74) is 9.17. The third-order valence-corrected chi connectivity index (χ3v) is 4.03. The van der Waals surface area contributed by atoms with Crippen LogP contribution in [0, 0.1) is 6.92 Å². The van der Waals surface area contributed by atoms with Gasteiger partial charge >= 0.3 is 0 Å². The first-order valence-corrected chi connectivity index (χ1v) is 7.51. The van der Waals surface area contributed by atoms with Crippen molar-refractivity contribution in [3.63, 3.8) is 0 Å². The molecule has 0 spiro atoms. The minimum Gasteiger partial charge on any atom is -0.399 e. The van der Waals surface area contributed by atoms with Crippen molar-refractivity contribution in [1.29, 1.82) is 0 Å². The topological polar surface area (TPSA) is 41.3 Å². The van der Waals surface area contributed by atoms with Crippen molar-refractivity contribution >= 4 is 11.4 Å². The number of hydrogen-bond donors (Lipinski definition) is 2. The molecule has 1 aromatic carbocycles. The van der Waals surface area contributed by atoms with Crippen LogP contribution in [0.3, 0.4) is 0 Å². The fourth-order valence-electron chi connectivity index (χ4n) is 2.69. The van der Waals surface area contributed by atoms with Crippen LogP contribution < -0.4 is 16.0 Å². The van der Waals surface area contributed by atoms with Gasteiger partial charge in [-0.3, -0.25) is 0 Å². The van der Waals surface area contributed by atoms with Gasteiger partial charge in [0.15, 0.2) is 0 Å². The van der Waals surface area contributed by atoms with E-state index in [1.807, 2.05) is 6.07 Å². The van der Waals surface area contributed by atoms with Crippen LogP contribution >= 0.6 is 0 Å². The molecule has 0 aromatic heterocycles. The molecule has 106 valence electrons. The van der Waals surface area contributed by atoms with E-state index in [1.165, 1.54) is 56.6 Å². The van der Waals surface area contributed by atoms with Crippen LogP contribution in [0.4, 0.5) is 11.4 Å². The first kappa shape index (κ1) is 14.2. The van der Waals surface area contributed by atoms with Gasteiger partial charge < -0.3 is 16.0 Å². The van der Waals surface area contributed by atoms with E-state index in [0.717, 1.165) is 11.7 Å². The van der Waals surface area contributed by atoms with E-state index < -0.39 is 0 Å². The minimum absolute atomic E-state index is 0.796. The molecule has 3 heteroatoms. The molecule has 3 rings (SSSR count). The predicted molar refractivity (Wildman–Crippen MR) is 83.7 cm³/mol. The minimum atomic E-state index is 0.796. The Morgan fingerprint density at radius 2 is 1.95 bits per heavy atom. The number of nitrogens with two attached hydrogens (primary N) is 1. The van der Waals surface area contributed by atoms with Crippen LogP contribution in [0.15, 0.2) is 18.2 Å². The Kier molecular flexibility index (Phi) is 5.08. The van der Waals surface area contributed by atoms with E-state index in [2.05, 4.69) is 36.2 Å². The quantitative estimate of drug-likeness (QED) is 0.764. The van der Waals surface area contributed by atoms with Crippen molar-refractivity contribution < 1.29 is 0 Å². The number of aryl methyl sites for hydroxylation is 1. The van der Waals surface area contributed by atoms with Gasteiger partial charge in [0.2, 0.25) is 0 Å². The molecule has 0 saturated carbocycles. The molecule has 0 aliphatic carbocycles. The zero-order chi connectivity index (χ0) is 13.7. The first-order valence-electron chi connectivity index (χ1n) is 7.51. The van der Waals surface area contributed by atoms with Crippen molar-refractivity contribution in [3.8, 4) is 0 Å². The van der Waals surface area contributed by atoms with Crippen LogP contribution in [0.1, 0.15) is 38.2 Å². The average Bonchev–Trinajstić information content (AvgIpc) is 3.06. The lowest BCUT2D eigenvalue weighted by Gasteiger charge is -2.18. The fourth-order valence-corrected chi connectivity index (χ4v) is 2.69. The van der Waals surface area contributed by atoms with E-state index in [1.54, 1.807) is 0 Å². The smallest absolute Gasteiger partial charge is 0.0370 e. The maximum atomic E-state index is 5.77. The SMILES string of the molecule is CC1CCCN1.Cc1cc(N2CCCC2)ccc1N. The number of benzene rings is 1. The van der Waals surface area contributed by atoms with Gasteiger partial charge in [0.05, 0.1) is 0 Å². The molecule has 19 heavy (non-hydrogen) atoms. The second-order valence-corrected chi connectivity index (χ2v) is 5.73. The van der Waals surface area contributed by atoms with Gasteiger partial charge in [-0.15, -0.1) is 0 Å². The molecule has 0 amide bonds. The molecule has 2 heterocycles. The van der Waals surface area contributed by atoms with Gasteiger partial charge in [-0.2, -0.15) is 0 Å². The Morgan fingerprint density at radius 3 is 2.42 bits per heavy atom. The summed E-state index contributed by atoms with van der Waals surface area (Å²) in [6.45, 7) is 7.93. The molecular formula is C16H27N3. The van der Waals surface area contributed by atoms with Crippen LogP contribution in [0.5, 0.6) is 0 Å². The van der Waals surface area contributed by atoms with Crippen LogP contribution in [-0.4, -0.2) is 25.7 Å². The number of nitrogens with one attached hydrogen (secondary N) is 1. The highest BCUT2D eigenvalue weighted by Gasteiger charge is 2.12. The Labute approximate surface area is 117 Å². The summed E-state index contributed by atoms with van der Waals surface area (Å²) >= 11 is 0. The molecular weight excluding hydrogens is 234 g/mol. The number of nitrogen functional groups attached to an aromatic ring is 1. The van der Waals surface area contributed by atoms with Gasteiger partial charge in [0.1, 0.15) is 0 Å². The number of anilines is 2. The van der Waals surface area contributed by atoms with E-state index in [-0.39, 0.29) is 0 Å². The summed E-state index contributed by atoms with van der Waals surface area (Å²) in [7, 11) is 0. The maximum Gasteiger partial charge on any atom is 0.0370 e. The molecule has 1 unspecified atom stereocenters. The molecule has 3 nitrogen and oxygen atoms in total. The van der Waals surface area contributed by atoms with E-state index >= 15 is 0 Å². The molecule has 0 radical (unpaired) electrons. The standard InChI is InChI=1S/C11H16N2.C5H11N/c1-9-8-10(4-5-11(9)12)13-6-2-3-7-13;1-5-3-2-4-6-5/h4-5,8H,2-3,6-7,12H2,1H3;5-6H,2-4H2,1H3. The van der Waals surface area contributed by atoms with Crippen molar-refractivity contribution in [2.75, 3.05) is 30.3 Å². The van der Waals surface area contributed by atoms with E-state index in [9.17, 15) is 0 Å². The molecule has 2 aliphatic rings. The molecule has 3 N–H and O–H groups in total. The molecule has 2 saturated heterocycles. The zero-order valence-corrected chi connectivity index (χ0v) is 12.3. The molecule has 2 fully saturated rings. The van der Waals surface area contributed by atoms with Crippen LogP contribution in [0.2, 0.25) is 0 Å². The molecule has 1 atom stereocenters. The summed E-state index contributed by atoms with van der Waals surface area (Å²) in [6, 6.07) is 7.10. The fraction of sp³-hybridized carbons (Fsp3) is 0.625. The van der Waals surface area contributed by atoms with Gasteiger partial charge in [-0.25, -0.2) is 0 Å². The normalized spacial score (nSPS) is 22.2. The summed E-state index contributed by atoms with van der Waals surface area (Å²) in [4.78, 5) is 2.42. The van der Waals surface area contributed by atoms with E-state index in [4.69, 9.17) is 5.73 Å². The van der Waals surface area contributed by atoms with Crippen molar-refractivity contribution in [1.82, 2.24) is 5.32 Å². The highest BCUT2D eigenvalue weighted by molar-refractivity contribution is 5.58. The number of hydrogen-bond acceptors (Lipinski definition) is 3. The highest BCUT2D eigenvalue weighted by atomic mass is 15.1. The first-order chi connectivity index (χ1) is 9.16. The van der Waals surface area contributed by atoms with Crippen molar-refractivity contribution in [2.24, 2.45) is 0 Å². The van der Waals surface area contributed by atoms with Gasteiger partial charge in [-0.1, -0.05) is 0 Å². The van der Waals surface area contributed by atoms with Crippen LogP contribution in [0.25, 0.3) is 0 Å². The Morgan fingerprint density at radius 1 is 1.21 bits per heavy atom. The maximum absolute atomic E-state index is 5.77. The summed E-state index contributed by atoms with van der Waals surface area (Å²) < 4.78 is 0. The second kappa shape index (κ2) is 6.80. The summed E-state index contributed by atoms with van der Waals surface area (Å²) in [6.07, 6.45) is 5.40. The number of nitrogens with zero attached hydrogens (tertiary/aromatic N) is 1.